The molecule has 0 spiro atoms. The molecule has 6 nitrogen and oxygen atoms in total. The molecule has 0 aromatic carbocycles. The van der Waals surface area contributed by atoms with Crippen LogP contribution in [0.1, 0.15) is 98.3 Å². The first-order valence-electron chi connectivity index (χ1n) is 13.8. The largest absolute Gasteiger partial charge is 0.748 e. The number of carbonyl (C=O) groups excluding carboxylic acids is 1. The molecular weight excluding hydrogens is 450 g/mol. The van der Waals surface area contributed by atoms with Crippen LogP contribution >= 0.6 is 0 Å². The molecule has 2 N–H and O–H groups in total. The fraction of sp³-hybridized carbons (Fsp3) is 0.963. The lowest BCUT2D eigenvalue weighted by atomic mass is 9.44. The molecule has 0 unspecified atom stereocenters. The van der Waals surface area contributed by atoms with Crippen LogP contribution in [0.2, 0.25) is 0 Å². The molecule has 1 amide bonds. The minimum atomic E-state index is -4.37. The first-order valence-corrected chi connectivity index (χ1v) is 15.2. The Morgan fingerprint density at radius 2 is 1.71 bits per heavy atom. The molecule has 4 fully saturated rings. The predicted molar refractivity (Wildman–Crippen MR) is 132 cm³/mol. The van der Waals surface area contributed by atoms with E-state index in [9.17, 15) is 22.9 Å². The number of carbonyl (C=O) groups is 1. The normalized spacial score (nSPS) is 43.8. The summed E-state index contributed by atoms with van der Waals surface area (Å²) in [5, 5.41) is 11.8. The number of hydrogen-bond donors (Lipinski definition) is 2. The molecule has 196 valence electrons. The van der Waals surface area contributed by atoms with E-state index in [4.69, 9.17) is 0 Å². The number of fused-ring (bicyclic) bond motifs is 5. The highest BCUT2D eigenvalue weighted by molar-refractivity contribution is 7.86. The number of rotatable bonds is 7. The zero-order valence-electron chi connectivity index (χ0n) is 21.6. The van der Waals surface area contributed by atoms with Gasteiger partial charge in [0, 0.05) is 13.0 Å². The molecule has 4 aliphatic carbocycles. The van der Waals surface area contributed by atoms with Crippen LogP contribution in [0.5, 0.6) is 0 Å². The molecule has 0 heterocycles. The Morgan fingerprint density at radius 1 is 1.03 bits per heavy atom. The summed E-state index contributed by atoms with van der Waals surface area (Å²) in [7, 11) is -4.37. The standard InChI is InChI=1S/C27H47NO5S/c1-17(5-10-25(30)28-16-18(2)34(31,32)33)22-8-9-23-21-7-6-19-15-20(29)11-13-26(19,3)24(21)12-14-27(22,23)4/h17-24,29H,5-16H2,1-4H3,(H,28,30)(H,31,32,33)/p-1/t17-,18-,19-,20-,21+,22-,23+,24+,26+,27-/m1/s1. The molecule has 4 rings (SSSR count). The minimum Gasteiger partial charge on any atom is -0.748 e. The molecule has 0 aliphatic heterocycles. The van der Waals surface area contributed by atoms with Gasteiger partial charge in [0.15, 0.2) is 0 Å². The van der Waals surface area contributed by atoms with Crippen molar-refractivity contribution in [3.8, 4) is 0 Å². The van der Waals surface area contributed by atoms with Crippen LogP contribution in [0.3, 0.4) is 0 Å². The van der Waals surface area contributed by atoms with Gasteiger partial charge < -0.3 is 15.0 Å². The number of aliphatic hydroxyl groups is 1. The van der Waals surface area contributed by atoms with Gasteiger partial charge >= 0.3 is 0 Å². The fourth-order valence-electron chi connectivity index (χ4n) is 9.22. The summed E-state index contributed by atoms with van der Waals surface area (Å²) in [6.07, 6.45) is 12.0. The Bertz CT molecular complexity index is 861. The highest BCUT2D eigenvalue weighted by Crippen LogP contribution is 2.68. The van der Waals surface area contributed by atoms with E-state index in [0.29, 0.717) is 35.0 Å². The molecule has 0 radical (unpaired) electrons. The molecule has 10 atom stereocenters. The van der Waals surface area contributed by atoms with Crippen LogP contribution in [0.25, 0.3) is 0 Å². The summed E-state index contributed by atoms with van der Waals surface area (Å²) in [5.74, 6) is 4.01. The average molecular weight is 497 g/mol. The molecule has 0 bridgehead atoms. The van der Waals surface area contributed by atoms with Crippen molar-refractivity contribution in [1.82, 2.24) is 5.32 Å². The van der Waals surface area contributed by atoms with Crippen molar-refractivity contribution in [3.05, 3.63) is 0 Å². The third-order valence-corrected chi connectivity index (χ3v) is 12.5. The Balaban J connectivity index is 1.35. The minimum absolute atomic E-state index is 0.0923. The second kappa shape index (κ2) is 9.66. The second-order valence-electron chi connectivity index (χ2n) is 12.9. The second-order valence-corrected chi connectivity index (χ2v) is 14.7. The molecule has 4 aliphatic rings. The third-order valence-electron chi connectivity index (χ3n) is 11.3. The lowest BCUT2D eigenvalue weighted by Gasteiger charge is -2.61. The molecule has 34 heavy (non-hydrogen) atoms. The Morgan fingerprint density at radius 3 is 2.41 bits per heavy atom. The third kappa shape index (κ3) is 4.82. The SMILES string of the molecule is C[C@H](CCC(=O)NC[C@@H](C)S(=O)(=O)[O-])[C@H]1CC[C@H]2[C@@H]3CC[C@@H]4C[C@H](O)CC[C@]4(C)[C@H]3CC[C@]12C. The van der Waals surface area contributed by atoms with Crippen LogP contribution in [0.15, 0.2) is 0 Å². The van der Waals surface area contributed by atoms with Gasteiger partial charge in [0.05, 0.1) is 21.5 Å². The van der Waals surface area contributed by atoms with Gasteiger partial charge in [-0.05, 0) is 117 Å². The van der Waals surface area contributed by atoms with Crippen LogP contribution < -0.4 is 5.32 Å². The van der Waals surface area contributed by atoms with Crippen molar-refractivity contribution in [2.75, 3.05) is 6.54 Å². The van der Waals surface area contributed by atoms with Crippen LogP contribution in [0, 0.1) is 46.3 Å². The fourth-order valence-corrected chi connectivity index (χ4v) is 9.51. The summed E-state index contributed by atoms with van der Waals surface area (Å²) in [6, 6.07) is 0. The number of hydrogen-bond acceptors (Lipinski definition) is 5. The lowest BCUT2D eigenvalue weighted by Crippen LogP contribution is -2.54. The van der Waals surface area contributed by atoms with Gasteiger partial charge in [0.25, 0.3) is 0 Å². The van der Waals surface area contributed by atoms with Crippen molar-refractivity contribution in [1.29, 1.82) is 0 Å². The maximum absolute atomic E-state index is 12.3. The number of amides is 1. The first kappa shape index (κ1) is 26.4. The number of nitrogens with one attached hydrogen (secondary N) is 1. The Hall–Kier alpha value is -0.660. The van der Waals surface area contributed by atoms with Crippen LogP contribution in [0.4, 0.5) is 0 Å². The van der Waals surface area contributed by atoms with Gasteiger partial charge in [0.1, 0.15) is 0 Å². The van der Waals surface area contributed by atoms with Gasteiger partial charge in [-0.1, -0.05) is 20.8 Å². The van der Waals surface area contributed by atoms with Gasteiger partial charge in [0.2, 0.25) is 5.91 Å². The molecule has 4 saturated carbocycles. The van der Waals surface area contributed by atoms with Crippen molar-refractivity contribution >= 4 is 16.0 Å². The maximum Gasteiger partial charge on any atom is 0.220 e. The van der Waals surface area contributed by atoms with Gasteiger partial charge in [-0.3, -0.25) is 4.79 Å². The van der Waals surface area contributed by atoms with E-state index < -0.39 is 15.4 Å². The van der Waals surface area contributed by atoms with E-state index in [-0.39, 0.29) is 18.6 Å². The van der Waals surface area contributed by atoms with Crippen molar-refractivity contribution < 1.29 is 22.9 Å². The predicted octanol–water partition coefficient (Wildman–Crippen LogP) is 4.47. The summed E-state index contributed by atoms with van der Waals surface area (Å²) in [4.78, 5) is 12.3. The van der Waals surface area contributed by atoms with Gasteiger partial charge in [-0.15, -0.1) is 0 Å². The summed E-state index contributed by atoms with van der Waals surface area (Å²) in [5.41, 5.74) is 0.750. The summed E-state index contributed by atoms with van der Waals surface area (Å²) < 4.78 is 33.1. The van der Waals surface area contributed by atoms with Crippen molar-refractivity contribution in [3.63, 3.8) is 0 Å². The highest BCUT2D eigenvalue weighted by atomic mass is 32.2. The summed E-state index contributed by atoms with van der Waals surface area (Å²) >= 11 is 0. The van der Waals surface area contributed by atoms with Crippen molar-refractivity contribution in [2.45, 2.75) is 110 Å². The van der Waals surface area contributed by atoms with E-state index >= 15 is 0 Å². The van der Waals surface area contributed by atoms with Crippen molar-refractivity contribution in [2.24, 2.45) is 46.3 Å². The van der Waals surface area contributed by atoms with E-state index in [1.807, 2.05) is 0 Å². The Kier molecular flexibility index (Phi) is 7.50. The molecule has 0 aromatic heterocycles. The van der Waals surface area contributed by atoms with Crippen LogP contribution in [-0.4, -0.2) is 41.9 Å². The monoisotopic (exact) mass is 496 g/mol. The average Bonchev–Trinajstić information content (AvgIpc) is 3.13. The van der Waals surface area contributed by atoms with E-state index in [1.165, 1.54) is 51.9 Å². The quantitative estimate of drug-likeness (QED) is 0.506. The van der Waals surface area contributed by atoms with Crippen LogP contribution in [-0.2, 0) is 14.9 Å². The lowest BCUT2D eigenvalue weighted by molar-refractivity contribution is -0.129. The Labute approximate surface area is 206 Å². The number of aliphatic hydroxyl groups excluding tert-OH is 1. The van der Waals surface area contributed by atoms with E-state index in [0.717, 1.165) is 37.0 Å². The van der Waals surface area contributed by atoms with Gasteiger partial charge in [-0.2, -0.15) is 0 Å². The maximum atomic E-state index is 12.3. The van der Waals surface area contributed by atoms with E-state index in [1.54, 1.807) is 0 Å². The molecule has 0 saturated heterocycles. The highest BCUT2D eigenvalue weighted by Gasteiger charge is 2.60. The smallest absolute Gasteiger partial charge is 0.220 e. The summed E-state index contributed by atoms with van der Waals surface area (Å²) in [6.45, 7) is 8.59. The molecular formula is C27H46NO5S-. The van der Waals surface area contributed by atoms with E-state index in [2.05, 4.69) is 26.1 Å². The van der Waals surface area contributed by atoms with Gasteiger partial charge in [-0.25, -0.2) is 8.42 Å². The molecule has 0 aromatic rings. The topological polar surface area (TPSA) is 107 Å². The zero-order chi connectivity index (χ0) is 24.9. The first-order chi connectivity index (χ1) is 15.9. The molecule has 7 heteroatoms. The zero-order valence-corrected chi connectivity index (χ0v) is 22.4.